The quantitative estimate of drug-likeness (QED) is 0.384. The molecule has 3 rings (SSSR count). The number of ether oxygens (including phenoxy) is 2. The lowest BCUT2D eigenvalue weighted by Crippen LogP contribution is -2.36. The summed E-state index contributed by atoms with van der Waals surface area (Å²) in [5.41, 5.74) is 3.12. The average molecular weight is 441 g/mol. The van der Waals surface area contributed by atoms with E-state index in [-0.39, 0.29) is 12.4 Å². The summed E-state index contributed by atoms with van der Waals surface area (Å²) in [6.45, 7) is 4.02. The van der Waals surface area contributed by atoms with E-state index in [9.17, 15) is 9.50 Å². The second-order valence-electron chi connectivity index (χ2n) is 7.99. The van der Waals surface area contributed by atoms with Crippen LogP contribution in [0.3, 0.4) is 0 Å². The highest BCUT2D eigenvalue weighted by atomic mass is 19.1. The summed E-state index contributed by atoms with van der Waals surface area (Å²) in [7, 11) is 1.70. The van der Waals surface area contributed by atoms with Gasteiger partial charge < -0.3 is 19.1 Å². The van der Waals surface area contributed by atoms with E-state index in [1.165, 1.54) is 6.07 Å². The fourth-order valence-corrected chi connectivity index (χ4v) is 3.71. The Morgan fingerprint density at radius 3 is 2.62 bits per heavy atom. The minimum Gasteiger partial charge on any atom is -0.389 e. The molecule has 1 aromatic heterocycles. The number of nitrogens with zero attached hydrogens (tertiary/aromatic N) is 2. The number of methoxy groups -OCH3 is 1. The number of aliphatic hydroxyl groups excluding tert-OH is 1. The monoisotopic (exact) mass is 440 g/mol. The standard InChI is InChI=1S/C26H33FN2O3/c1-31-15-7-13-28(19-26(30)21-32-20-22-8-3-2-4-9-22)18-25-12-6-14-29(25)17-23-10-5-11-24(27)16-23/h2-6,8-12,14,16,26,30H,7,13,15,17-21H2,1H3. The summed E-state index contributed by atoms with van der Waals surface area (Å²) in [4.78, 5) is 2.22. The van der Waals surface area contributed by atoms with Crippen molar-refractivity contribution in [1.82, 2.24) is 9.47 Å². The number of aliphatic hydroxyl groups is 1. The van der Waals surface area contributed by atoms with Gasteiger partial charge in [-0.2, -0.15) is 0 Å². The molecule has 2 aromatic carbocycles. The third-order valence-corrected chi connectivity index (χ3v) is 5.26. The maximum absolute atomic E-state index is 13.6. The molecule has 0 fully saturated rings. The normalized spacial score (nSPS) is 12.4. The first-order valence-electron chi connectivity index (χ1n) is 11.0. The van der Waals surface area contributed by atoms with Crippen molar-refractivity contribution >= 4 is 0 Å². The smallest absolute Gasteiger partial charge is 0.123 e. The molecule has 0 saturated carbocycles. The van der Waals surface area contributed by atoms with E-state index in [1.807, 2.05) is 48.7 Å². The lowest BCUT2D eigenvalue weighted by Gasteiger charge is -2.26. The van der Waals surface area contributed by atoms with Crippen LogP contribution in [0.2, 0.25) is 0 Å². The van der Waals surface area contributed by atoms with Crippen LogP contribution in [-0.2, 0) is 29.2 Å². The van der Waals surface area contributed by atoms with Crippen LogP contribution < -0.4 is 0 Å². The second-order valence-corrected chi connectivity index (χ2v) is 7.99. The molecular weight excluding hydrogens is 407 g/mol. The van der Waals surface area contributed by atoms with Gasteiger partial charge in [0.1, 0.15) is 5.82 Å². The number of aromatic nitrogens is 1. The highest BCUT2D eigenvalue weighted by Crippen LogP contribution is 2.13. The summed E-state index contributed by atoms with van der Waals surface area (Å²) >= 11 is 0. The van der Waals surface area contributed by atoms with E-state index >= 15 is 0 Å². The van der Waals surface area contributed by atoms with Crippen molar-refractivity contribution in [3.8, 4) is 0 Å². The van der Waals surface area contributed by atoms with Gasteiger partial charge in [-0.1, -0.05) is 42.5 Å². The van der Waals surface area contributed by atoms with Crippen molar-refractivity contribution in [2.75, 3.05) is 33.4 Å². The van der Waals surface area contributed by atoms with E-state index in [1.54, 1.807) is 19.2 Å². The molecule has 0 amide bonds. The molecule has 1 atom stereocenters. The first-order valence-corrected chi connectivity index (χ1v) is 11.0. The Balaban J connectivity index is 1.56. The molecule has 0 aliphatic heterocycles. The molecule has 32 heavy (non-hydrogen) atoms. The lowest BCUT2D eigenvalue weighted by atomic mass is 10.2. The van der Waals surface area contributed by atoms with E-state index < -0.39 is 6.10 Å². The van der Waals surface area contributed by atoms with Crippen molar-refractivity contribution in [1.29, 1.82) is 0 Å². The number of rotatable bonds is 14. The number of hydrogen-bond donors (Lipinski definition) is 1. The second kappa shape index (κ2) is 13.1. The zero-order valence-electron chi connectivity index (χ0n) is 18.7. The first-order chi connectivity index (χ1) is 15.6. The van der Waals surface area contributed by atoms with Gasteiger partial charge in [0.15, 0.2) is 0 Å². The molecule has 1 unspecified atom stereocenters. The first kappa shape index (κ1) is 24.1. The molecule has 0 radical (unpaired) electrons. The fraction of sp³-hybridized carbons (Fsp3) is 0.385. The predicted octanol–water partition coefficient (Wildman–Crippen LogP) is 4.09. The van der Waals surface area contributed by atoms with Gasteiger partial charge in [-0.15, -0.1) is 0 Å². The van der Waals surface area contributed by atoms with Crippen molar-refractivity contribution < 1.29 is 19.0 Å². The SMILES string of the molecule is COCCCN(Cc1cccn1Cc1cccc(F)c1)CC(O)COCc1ccccc1. The van der Waals surface area contributed by atoms with Gasteiger partial charge >= 0.3 is 0 Å². The molecule has 6 heteroatoms. The Morgan fingerprint density at radius 1 is 1.03 bits per heavy atom. The number of halogens is 1. The molecule has 1 heterocycles. The number of hydrogen-bond acceptors (Lipinski definition) is 4. The topological polar surface area (TPSA) is 46.9 Å². The third-order valence-electron chi connectivity index (χ3n) is 5.26. The van der Waals surface area contributed by atoms with Crippen LogP contribution in [0.5, 0.6) is 0 Å². The highest BCUT2D eigenvalue weighted by Gasteiger charge is 2.15. The van der Waals surface area contributed by atoms with Crippen molar-refractivity contribution in [3.63, 3.8) is 0 Å². The largest absolute Gasteiger partial charge is 0.389 e. The summed E-state index contributed by atoms with van der Waals surface area (Å²) in [6.07, 6.45) is 2.29. The van der Waals surface area contributed by atoms with E-state index in [2.05, 4.69) is 15.5 Å². The third kappa shape index (κ3) is 8.20. The van der Waals surface area contributed by atoms with Gasteiger partial charge in [0.05, 0.1) is 19.3 Å². The van der Waals surface area contributed by atoms with Crippen LogP contribution in [-0.4, -0.2) is 54.1 Å². The summed E-state index contributed by atoms with van der Waals surface area (Å²) in [5.74, 6) is -0.226. The van der Waals surface area contributed by atoms with Crippen LogP contribution in [0.1, 0.15) is 23.2 Å². The summed E-state index contributed by atoms with van der Waals surface area (Å²) in [5, 5.41) is 10.6. The Labute approximate surface area is 190 Å². The Bertz CT molecular complexity index is 916. The van der Waals surface area contributed by atoms with Crippen molar-refractivity contribution in [2.24, 2.45) is 0 Å². The molecule has 0 bridgehead atoms. The highest BCUT2D eigenvalue weighted by molar-refractivity contribution is 5.19. The maximum Gasteiger partial charge on any atom is 0.123 e. The molecule has 0 saturated heterocycles. The molecule has 1 N–H and O–H groups in total. The lowest BCUT2D eigenvalue weighted by molar-refractivity contribution is 0.00706. The maximum atomic E-state index is 13.6. The van der Waals surface area contributed by atoms with Crippen LogP contribution in [0.25, 0.3) is 0 Å². The minimum absolute atomic E-state index is 0.226. The van der Waals surface area contributed by atoms with Crippen LogP contribution in [0.15, 0.2) is 72.9 Å². The molecule has 0 spiro atoms. The molecule has 172 valence electrons. The van der Waals surface area contributed by atoms with Gasteiger partial charge in [0.25, 0.3) is 0 Å². The van der Waals surface area contributed by atoms with E-state index in [0.717, 1.165) is 29.8 Å². The van der Waals surface area contributed by atoms with Gasteiger partial charge in [0, 0.05) is 51.8 Å². The zero-order valence-corrected chi connectivity index (χ0v) is 18.7. The molecule has 3 aromatic rings. The van der Waals surface area contributed by atoms with Crippen molar-refractivity contribution in [3.05, 3.63) is 95.6 Å². The summed E-state index contributed by atoms with van der Waals surface area (Å²) in [6, 6.07) is 20.7. The molecule has 0 aliphatic rings. The van der Waals surface area contributed by atoms with E-state index in [0.29, 0.717) is 32.8 Å². The minimum atomic E-state index is -0.590. The molecule has 0 aliphatic carbocycles. The predicted molar refractivity (Wildman–Crippen MR) is 124 cm³/mol. The Morgan fingerprint density at radius 2 is 1.84 bits per heavy atom. The Hall–Kier alpha value is -2.51. The van der Waals surface area contributed by atoms with E-state index in [4.69, 9.17) is 9.47 Å². The van der Waals surface area contributed by atoms with Crippen LogP contribution in [0.4, 0.5) is 4.39 Å². The molecule has 5 nitrogen and oxygen atoms in total. The number of benzene rings is 2. The fourth-order valence-electron chi connectivity index (χ4n) is 3.71. The van der Waals surface area contributed by atoms with Crippen molar-refractivity contribution in [2.45, 2.75) is 32.2 Å². The van der Waals surface area contributed by atoms with Gasteiger partial charge in [-0.25, -0.2) is 4.39 Å². The van der Waals surface area contributed by atoms with Gasteiger partial charge in [-0.05, 0) is 41.8 Å². The van der Waals surface area contributed by atoms with Crippen LogP contribution >= 0.6 is 0 Å². The van der Waals surface area contributed by atoms with Gasteiger partial charge in [-0.3, -0.25) is 4.90 Å². The van der Waals surface area contributed by atoms with Gasteiger partial charge in [0.2, 0.25) is 0 Å². The van der Waals surface area contributed by atoms with Crippen LogP contribution in [0, 0.1) is 5.82 Å². The zero-order chi connectivity index (χ0) is 22.6. The summed E-state index contributed by atoms with van der Waals surface area (Å²) < 4.78 is 26.6. The average Bonchev–Trinajstić information content (AvgIpc) is 3.21. The Kier molecular flexibility index (Phi) is 9.91. The molecular formula is C26H33FN2O3.